The highest BCUT2D eigenvalue weighted by atomic mass is 32.2. The average molecular weight is 351 g/mol. The van der Waals surface area contributed by atoms with Gasteiger partial charge in [-0.2, -0.15) is 5.11 Å². The van der Waals surface area contributed by atoms with E-state index in [1.807, 2.05) is 6.26 Å². The minimum absolute atomic E-state index is 0.116. The molecule has 0 aliphatic carbocycles. The number of hydrogen-bond donors (Lipinski definition) is 2. The van der Waals surface area contributed by atoms with Crippen molar-refractivity contribution in [1.82, 2.24) is 0 Å². The summed E-state index contributed by atoms with van der Waals surface area (Å²) >= 11 is 1.50. The first-order valence-electron chi connectivity index (χ1n) is 6.75. The van der Waals surface area contributed by atoms with Crippen LogP contribution in [0.4, 0.5) is 17.1 Å². The lowest BCUT2D eigenvalue weighted by atomic mass is 10.3. The van der Waals surface area contributed by atoms with Crippen LogP contribution in [0.1, 0.15) is 0 Å². The van der Waals surface area contributed by atoms with Crippen molar-refractivity contribution in [3.63, 3.8) is 0 Å². The maximum absolute atomic E-state index is 11.9. The highest BCUT2D eigenvalue weighted by molar-refractivity contribution is 7.98. The van der Waals surface area contributed by atoms with Crippen molar-refractivity contribution in [1.29, 1.82) is 0 Å². The number of aliphatic hydroxyl groups excluding tert-OH is 1. The summed E-state index contributed by atoms with van der Waals surface area (Å²) in [5.74, 6) is -0.317. The minimum Gasteiger partial charge on any atom is -0.399 e. The molecule has 0 aliphatic rings. The maximum atomic E-state index is 11.9. The molecular formula is C15H17N3O3S2. The lowest BCUT2D eigenvalue weighted by Crippen LogP contribution is -2.09. The van der Waals surface area contributed by atoms with Gasteiger partial charge < -0.3 is 10.8 Å². The topological polar surface area (TPSA) is 105 Å². The second-order valence-electron chi connectivity index (χ2n) is 4.67. The zero-order chi connectivity index (χ0) is 16.9. The van der Waals surface area contributed by atoms with Crippen molar-refractivity contribution in [2.24, 2.45) is 10.2 Å². The van der Waals surface area contributed by atoms with Crippen molar-refractivity contribution < 1.29 is 13.5 Å². The standard InChI is InChI=1S/C15H17N3O3S2/c1-22-15-9-11(16)5-6-14(15)18-17-12-3-2-4-13(10-12)23(20,21)8-7-19/h2-6,9-10,19H,7-8,16H2,1H3. The molecule has 3 N–H and O–H groups in total. The van der Waals surface area contributed by atoms with Crippen LogP contribution >= 0.6 is 11.8 Å². The molecular weight excluding hydrogens is 334 g/mol. The lowest BCUT2D eigenvalue weighted by Gasteiger charge is -2.04. The normalized spacial score (nSPS) is 11.9. The molecule has 0 heterocycles. The van der Waals surface area contributed by atoms with E-state index >= 15 is 0 Å². The molecule has 0 saturated carbocycles. The molecule has 0 saturated heterocycles. The van der Waals surface area contributed by atoms with Crippen LogP contribution in [0.2, 0.25) is 0 Å². The number of rotatable bonds is 6. The molecule has 2 aromatic carbocycles. The van der Waals surface area contributed by atoms with Crippen molar-refractivity contribution in [3.8, 4) is 0 Å². The molecule has 2 rings (SSSR count). The summed E-state index contributed by atoms with van der Waals surface area (Å²) in [6.45, 7) is -0.420. The van der Waals surface area contributed by atoms with Crippen LogP contribution in [0.3, 0.4) is 0 Å². The first-order chi connectivity index (χ1) is 11.0. The van der Waals surface area contributed by atoms with Crippen LogP contribution in [-0.4, -0.2) is 32.1 Å². The summed E-state index contributed by atoms with van der Waals surface area (Å²) in [6.07, 6.45) is 1.91. The van der Waals surface area contributed by atoms with E-state index in [1.54, 1.807) is 30.3 Å². The fourth-order valence-electron chi connectivity index (χ4n) is 1.87. The Labute approximate surface area is 139 Å². The van der Waals surface area contributed by atoms with Gasteiger partial charge in [0.15, 0.2) is 9.84 Å². The minimum atomic E-state index is -3.51. The Kier molecular flexibility index (Phi) is 5.75. The third-order valence-corrected chi connectivity index (χ3v) is 5.47. The van der Waals surface area contributed by atoms with Gasteiger partial charge >= 0.3 is 0 Å². The van der Waals surface area contributed by atoms with Gasteiger partial charge in [0.05, 0.1) is 28.6 Å². The Balaban J connectivity index is 2.31. The number of anilines is 1. The molecule has 0 bridgehead atoms. The van der Waals surface area contributed by atoms with Crippen LogP contribution in [0.15, 0.2) is 62.5 Å². The number of nitrogens with two attached hydrogens (primary N) is 1. The Morgan fingerprint density at radius 1 is 1.17 bits per heavy atom. The fourth-order valence-corrected chi connectivity index (χ4v) is 3.50. The van der Waals surface area contributed by atoms with E-state index in [-0.39, 0.29) is 10.6 Å². The quantitative estimate of drug-likeness (QED) is 0.472. The third kappa shape index (κ3) is 4.54. The molecule has 0 aromatic heterocycles. The van der Waals surface area contributed by atoms with E-state index in [0.717, 1.165) is 4.90 Å². The lowest BCUT2D eigenvalue weighted by molar-refractivity contribution is 0.319. The van der Waals surface area contributed by atoms with E-state index in [4.69, 9.17) is 10.8 Å². The van der Waals surface area contributed by atoms with Crippen LogP contribution in [0, 0.1) is 0 Å². The molecule has 6 nitrogen and oxygen atoms in total. The Morgan fingerprint density at radius 2 is 1.96 bits per heavy atom. The molecule has 0 fully saturated rings. The predicted molar refractivity (Wildman–Crippen MR) is 92.4 cm³/mol. The van der Waals surface area contributed by atoms with E-state index < -0.39 is 16.4 Å². The average Bonchev–Trinajstić information content (AvgIpc) is 2.54. The maximum Gasteiger partial charge on any atom is 0.180 e. The molecule has 2 aromatic rings. The van der Waals surface area contributed by atoms with E-state index in [1.165, 1.54) is 23.9 Å². The van der Waals surface area contributed by atoms with Gasteiger partial charge in [-0.15, -0.1) is 16.9 Å². The van der Waals surface area contributed by atoms with Gasteiger partial charge in [0, 0.05) is 10.6 Å². The van der Waals surface area contributed by atoms with E-state index in [2.05, 4.69) is 10.2 Å². The molecule has 0 atom stereocenters. The molecule has 122 valence electrons. The molecule has 23 heavy (non-hydrogen) atoms. The fraction of sp³-hybridized carbons (Fsp3) is 0.200. The summed E-state index contributed by atoms with van der Waals surface area (Å²) in [4.78, 5) is 1.00. The number of nitrogen functional groups attached to an aromatic ring is 1. The van der Waals surface area contributed by atoms with E-state index in [0.29, 0.717) is 17.1 Å². The Morgan fingerprint density at radius 3 is 2.65 bits per heavy atom. The number of benzene rings is 2. The monoisotopic (exact) mass is 351 g/mol. The van der Waals surface area contributed by atoms with E-state index in [9.17, 15) is 8.42 Å². The van der Waals surface area contributed by atoms with Crippen molar-refractivity contribution in [2.45, 2.75) is 9.79 Å². The van der Waals surface area contributed by atoms with Gasteiger partial charge in [0.2, 0.25) is 0 Å². The van der Waals surface area contributed by atoms with Crippen LogP contribution in [0.5, 0.6) is 0 Å². The number of hydrogen-bond acceptors (Lipinski definition) is 7. The summed E-state index contributed by atoms with van der Waals surface area (Å²) in [6, 6.07) is 11.5. The zero-order valence-corrected chi connectivity index (χ0v) is 14.1. The summed E-state index contributed by atoms with van der Waals surface area (Å²) in [7, 11) is -3.51. The van der Waals surface area contributed by atoms with Gasteiger partial charge in [-0.05, 0) is 42.7 Å². The molecule has 0 amide bonds. The summed E-state index contributed by atoms with van der Waals surface area (Å²) in [5, 5.41) is 17.1. The molecule has 0 radical (unpaired) electrons. The number of aliphatic hydroxyl groups is 1. The van der Waals surface area contributed by atoms with Gasteiger partial charge in [0.1, 0.15) is 0 Å². The number of nitrogens with zero attached hydrogens (tertiary/aromatic N) is 2. The van der Waals surface area contributed by atoms with Crippen LogP contribution < -0.4 is 5.73 Å². The van der Waals surface area contributed by atoms with Crippen molar-refractivity contribution in [3.05, 3.63) is 42.5 Å². The second-order valence-corrected chi connectivity index (χ2v) is 7.63. The summed E-state index contributed by atoms with van der Waals surface area (Å²) in [5.41, 5.74) is 7.46. The van der Waals surface area contributed by atoms with Gasteiger partial charge in [-0.1, -0.05) is 6.07 Å². The largest absolute Gasteiger partial charge is 0.399 e. The van der Waals surface area contributed by atoms with Gasteiger partial charge in [-0.3, -0.25) is 0 Å². The van der Waals surface area contributed by atoms with Crippen molar-refractivity contribution >= 4 is 38.7 Å². The Bertz CT molecular complexity index is 820. The molecule has 0 spiro atoms. The van der Waals surface area contributed by atoms with Crippen molar-refractivity contribution in [2.75, 3.05) is 24.3 Å². The van der Waals surface area contributed by atoms with Gasteiger partial charge in [0.25, 0.3) is 0 Å². The molecule has 0 unspecified atom stereocenters. The van der Waals surface area contributed by atoms with Crippen LogP contribution in [0.25, 0.3) is 0 Å². The third-order valence-electron chi connectivity index (χ3n) is 3.01. The smallest absolute Gasteiger partial charge is 0.180 e. The first kappa shape index (κ1) is 17.5. The Hall–Kier alpha value is -1.90. The predicted octanol–water partition coefficient (Wildman–Crippen LogP) is 3.17. The number of sulfone groups is 1. The highest BCUT2D eigenvalue weighted by Gasteiger charge is 2.13. The highest BCUT2D eigenvalue weighted by Crippen LogP contribution is 2.31. The first-order valence-corrected chi connectivity index (χ1v) is 9.63. The number of azo groups is 1. The molecule has 8 heteroatoms. The molecule has 0 aliphatic heterocycles. The number of thioether (sulfide) groups is 1. The van der Waals surface area contributed by atoms with Crippen LogP contribution in [-0.2, 0) is 9.84 Å². The summed E-state index contributed by atoms with van der Waals surface area (Å²) < 4.78 is 23.9. The van der Waals surface area contributed by atoms with Gasteiger partial charge in [-0.25, -0.2) is 8.42 Å². The zero-order valence-electron chi connectivity index (χ0n) is 12.5. The SMILES string of the molecule is CSc1cc(N)ccc1N=Nc1cccc(S(=O)(=O)CCO)c1. The second kappa shape index (κ2) is 7.58.